The smallest absolute Gasteiger partial charge is 0.0673 e. The molecule has 0 aliphatic rings. The third-order valence-corrected chi connectivity index (χ3v) is 1.96. The van der Waals surface area contributed by atoms with Crippen LogP contribution >= 0.6 is 0 Å². The zero-order valence-corrected chi connectivity index (χ0v) is 8.98. The van der Waals surface area contributed by atoms with Crippen LogP contribution in [0.2, 0.25) is 0 Å². The van der Waals surface area contributed by atoms with E-state index in [1.807, 2.05) is 37.4 Å². The molecular formula is C11H18N4. The summed E-state index contributed by atoms with van der Waals surface area (Å²) in [6.07, 6.45) is 3.69. The van der Waals surface area contributed by atoms with Crippen LogP contribution in [0.4, 0.5) is 0 Å². The summed E-state index contributed by atoms with van der Waals surface area (Å²) in [5.74, 6) is 0. The quantitative estimate of drug-likeness (QED) is 0.611. The van der Waals surface area contributed by atoms with Crippen LogP contribution in [0, 0.1) is 6.92 Å². The Kier molecular flexibility index (Phi) is 4.80. The van der Waals surface area contributed by atoms with E-state index in [9.17, 15) is 0 Å². The first-order valence-electron chi connectivity index (χ1n) is 5.03. The minimum Gasteiger partial charge on any atom is -0.390 e. The molecule has 0 aliphatic heterocycles. The Hall–Kier alpha value is -1.39. The van der Waals surface area contributed by atoms with Crippen molar-refractivity contribution >= 4 is 0 Å². The van der Waals surface area contributed by atoms with E-state index in [1.165, 1.54) is 0 Å². The van der Waals surface area contributed by atoms with Crippen LogP contribution in [0.5, 0.6) is 0 Å². The zero-order valence-electron chi connectivity index (χ0n) is 8.98. The van der Waals surface area contributed by atoms with Gasteiger partial charge in [0.25, 0.3) is 0 Å². The maximum Gasteiger partial charge on any atom is 0.0673 e. The molecule has 1 atom stereocenters. The predicted molar refractivity (Wildman–Crippen MR) is 62.1 cm³/mol. The molecule has 0 aliphatic carbocycles. The molecule has 0 amide bonds. The van der Waals surface area contributed by atoms with Gasteiger partial charge in [-0.1, -0.05) is 6.07 Å². The fourth-order valence-corrected chi connectivity index (χ4v) is 1.19. The van der Waals surface area contributed by atoms with Gasteiger partial charge in [0.1, 0.15) is 0 Å². The van der Waals surface area contributed by atoms with Crippen molar-refractivity contribution < 1.29 is 0 Å². The monoisotopic (exact) mass is 206 g/mol. The van der Waals surface area contributed by atoms with Gasteiger partial charge in [0.15, 0.2) is 0 Å². The molecule has 1 unspecified atom stereocenters. The minimum atomic E-state index is -0.171. The topological polar surface area (TPSA) is 77.0 Å². The number of aryl methyl sites for hydroxylation is 1. The number of nitrogens with two attached hydrogens (primary N) is 2. The van der Waals surface area contributed by atoms with Gasteiger partial charge in [0.05, 0.1) is 11.7 Å². The molecule has 1 rings (SSSR count). The van der Waals surface area contributed by atoms with Gasteiger partial charge >= 0.3 is 0 Å². The summed E-state index contributed by atoms with van der Waals surface area (Å²) < 4.78 is 0. The molecule has 4 heteroatoms. The molecule has 0 spiro atoms. The van der Waals surface area contributed by atoms with Gasteiger partial charge in [-0.05, 0) is 31.3 Å². The number of rotatable bonds is 5. The first kappa shape index (κ1) is 11.7. The third kappa shape index (κ3) is 4.10. The second-order valence-corrected chi connectivity index (χ2v) is 3.33. The highest BCUT2D eigenvalue weighted by molar-refractivity contribution is 5.16. The van der Waals surface area contributed by atoms with E-state index < -0.39 is 0 Å². The summed E-state index contributed by atoms with van der Waals surface area (Å²) in [5.41, 5.74) is 13.1. The molecule has 1 aromatic rings. The molecule has 0 bridgehead atoms. The summed E-state index contributed by atoms with van der Waals surface area (Å²) in [6.45, 7) is 3.32. The Morgan fingerprint density at radius 3 is 3.00 bits per heavy atom. The number of pyridine rings is 1. The van der Waals surface area contributed by atoms with E-state index in [0.29, 0.717) is 6.54 Å². The number of hydrogen-bond acceptors (Lipinski definition) is 4. The summed E-state index contributed by atoms with van der Waals surface area (Å²) in [6, 6.07) is 5.66. The minimum absolute atomic E-state index is 0.171. The maximum atomic E-state index is 5.93. The summed E-state index contributed by atoms with van der Waals surface area (Å²) >= 11 is 0. The van der Waals surface area contributed by atoms with Crippen molar-refractivity contribution in [3.8, 4) is 0 Å². The highest BCUT2D eigenvalue weighted by Gasteiger charge is 2.02. The van der Waals surface area contributed by atoms with Crippen molar-refractivity contribution in [2.24, 2.45) is 11.5 Å². The predicted octanol–water partition coefficient (Wildman–Crippen LogP) is 0.452. The largest absolute Gasteiger partial charge is 0.390 e. The average molecular weight is 206 g/mol. The Bertz CT molecular complexity index is 322. The van der Waals surface area contributed by atoms with Gasteiger partial charge in [-0.3, -0.25) is 4.98 Å². The fraction of sp³-hybridized carbons (Fsp3) is 0.364. The number of hydrogen-bond donors (Lipinski definition) is 3. The fourth-order valence-electron chi connectivity index (χ4n) is 1.19. The molecule has 82 valence electrons. The van der Waals surface area contributed by atoms with E-state index in [-0.39, 0.29) is 6.04 Å². The Morgan fingerprint density at radius 1 is 1.53 bits per heavy atom. The van der Waals surface area contributed by atoms with E-state index in [1.54, 1.807) is 0 Å². The van der Waals surface area contributed by atoms with Gasteiger partial charge < -0.3 is 16.8 Å². The van der Waals surface area contributed by atoms with E-state index in [0.717, 1.165) is 17.9 Å². The Labute approximate surface area is 90.4 Å². The highest BCUT2D eigenvalue weighted by atomic mass is 14.9. The molecule has 0 aromatic carbocycles. The molecule has 0 radical (unpaired) electrons. The maximum absolute atomic E-state index is 5.93. The zero-order chi connectivity index (χ0) is 11.1. The molecule has 0 fully saturated rings. The van der Waals surface area contributed by atoms with E-state index in [2.05, 4.69) is 10.3 Å². The van der Waals surface area contributed by atoms with E-state index in [4.69, 9.17) is 11.5 Å². The van der Waals surface area contributed by atoms with Crippen LogP contribution in [-0.4, -0.2) is 18.1 Å². The standard InChI is InChI=1S/C11H18N4/c1-9-3-2-4-11(15-9)10(13)5-7-14-8-6-12/h2-5,7,10,14H,6,8,12-13H2,1H3/b7-5-. The molecule has 0 saturated carbocycles. The Balaban J connectivity index is 2.53. The molecule has 4 nitrogen and oxygen atoms in total. The lowest BCUT2D eigenvalue weighted by molar-refractivity contribution is 0.809. The van der Waals surface area contributed by atoms with Crippen molar-refractivity contribution in [2.75, 3.05) is 13.1 Å². The molecule has 0 saturated heterocycles. The van der Waals surface area contributed by atoms with Crippen LogP contribution in [0.1, 0.15) is 17.4 Å². The SMILES string of the molecule is Cc1cccc(C(N)/C=C\NCCN)n1. The van der Waals surface area contributed by atoms with Crippen LogP contribution in [0.15, 0.2) is 30.5 Å². The number of nitrogens with zero attached hydrogens (tertiary/aromatic N) is 1. The highest BCUT2D eigenvalue weighted by Crippen LogP contribution is 2.08. The Morgan fingerprint density at radius 2 is 2.33 bits per heavy atom. The van der Waals surface area contributed by atoms with Gasteiger partial charge in [0, 0.05) is 18.8 Å². The molecule has 5 N–H and O–H groups in total. The average Bonchev–Trinajstić information content (AvgIpc) is 2.24. The van der Waals surface area contributed by atoms with Crippen molar-refractivity contribution in [1.82, 2.24) is 10.3 Å². The lowest BCUT2D eigenvalue weighted by atomic mass is 10.2. The first-order valence-corrected chi connectivity index (χ1v) is 5.03. The van der Waals surface area contributed by atoms with Crippen LogP contribution < -0.4 is 16.8 Å². The molecule has 15 heavy (non-hydrogen) atoms. The van der Waals surface area contributed by atoms with Crippen LogP contribution in [-0.2, 0) is 0 Å². The van der Waals surface area contributed by atoms with Crippen molar-refractivity contribution in [1.29, 1.82) is 0 Å². The summed E-state index contributed by atoms with van der Waals surface area (Å²) in [4.78, 5) is 4.34. The molecule has 1 aromatic heterocycles. The van der Waals surface area contributed by atoms with Gasteiger partial charge in [-0.2, -0.15) is 0 Å². The van der Waals surface area contributed by atoms with Crippen molar-refractivity contribution in [3.05, 3.63) is 41.9 Å². The normalized spacial score (nSPS) is 13.0. The van der Waals surface area contributed by atoms with Crippen LogP contribution in [0.3, 0.4) is 0 Å². The van der Waals surface area contributed by atoms with Gasteiger partial charge in [0.2, 0.25) is 0 Å². The van der Waals surface area contributed by atoms with Crippen LogP contribution in [0.25, 0.3) is 0 Å². The van der Waals surface area contributed by atoms with Crippen molar-refractivity contribution in [3.63, 3.8) is 0 Å². The third-order valence-electron chi connectivity index (χ3n) is 1.96. The van der Waals surface area contributed by atoms with Gasteiger partial charge in [-0.25, -0.2) is 0 Å². The number of nitrogens with one attached hydrogen (secondary N) is 1. The van der Waals surface area contributed by atoms with E-state index >= 15 is 0 Å². The molecule has 1 heterocycles. The van der Waals surface area contributed by atoms with Crippen molar-refractivity contribution in [2.45, 2.75) is 13.0 Å². The lowest BCUT2D eigenvalue weighted by Crippen LogP contribution is -2.18. The molecular weight excluding hydrogens is 188 g/mol. The first-order chi connectivity index (χ1) is 7.24. The summed E-state index contributed by atoms with van der Waals surface area (Å²) in [7, 11) is 0. The lowest BCUT2D eigenvalue weighted by Gasteiger charge is -2.06. The summed E-state index contributed by atoms with van der Waals surface area (Å²) in [5, 5.41) is 3.04. The second-order valence-electron chi connectivity index (χ2n) is 3.33. The second kappa shape index (κ2) is 6.16. The number of aromatic nitrogens is 1. The van der Waals surface area contributed by atoms with Gasteiger partial charge in [-0.15, -0.1) is 0 Å².